The summed E-state index contributed by atoms with van der Waals surface area (Å²) in [5.41, 5.74) is 1.52. The largest absolute Gasteiger partial charge is 0.365 e. The Morgan fingerprint density at radius 3 is 2.76 bits per heavy atom. The van der Waals surface area contributed by atoms with Crippen molar-refractivity contribution in [3.63, 3.8) is 0 Å². The molecular formula is C14H23N3. The maximum Gasteiger partial charge on any atom is 0.0556 e. The van der Waals surface area contributed by atoms with Gasteiger partial charge in [0.2, 0.25) is 0 Å². The zero-order valence-electron chi connectivity index (χ0n) is 11.3. The molecule has 1 saturated heterocycles. The Morgan fingerprint density at radius 2 is 2.18 bits per heavy atom. The van der Waals surface area contributed by atoms with Gasteiger partial charge < -0.3 is 10.2 Å². The molecule has 1 fully saturated rings. The Morgan fingerprint density at radius 1 is 1.41 bits per heavy atom. The first-order valence-corrected chi connectivity index (χ1v) is 6.38. The van der Waals surface area contributed by atoms with Gasteiger partial charge in [0, 0.05) is 31.4 Å². The van der Waals surface area contributed by atoms with Crippen LogP contribution in [0.4, 0.5) is 5.69 Å². The molecule has 1 aromatic heterocycles. The van der Waals surface area contributed by atoms with Gasteiger partial charge in [-0.15, -0.1) is 0 Å². The highest BCUT2D eigenvalue weighted by atomic mass is 15.2. The molecule has 1 N–H and O–H groups in total. The summed E-state index contributed by atoms with van der Waals surface area (Å²) in [4.78, 5) is 6.68. The monoisotopic (exact) mass is 233 g/mol. The number of pyridine rings is 1. The van der Waals surface area contributed by atoms with Crippen molar-refractivity contribution >= 4 is 5.69 Å². The van der Waals surface area contributed by atoms with Gasteiger partial charge in [0.05, 0.1) is 11.9 Å². The lowest BCUT2D eigenvalue weighted by molar-refractivity contribution is 0.239. The summed E-state index contributed by atoms with van der Waals surface area (Å²) in [6.07, 6.45) is 3.79. The SMILES string of the molecule is CC1CNC(C(C)(C)C)CN1c1cccnc1. The predicted octanol–water partition coefficient (Wildman–Crippen LogP) is 2.29. The molecule has 94 valence electrons. The van der Waals surface area contributed by atoms with Crippen molar-refractivity contribution in [1.29, 1.82) is 0 Å². The Bertz CT molecular complexity index is 355. The molecule has 17 heavy (non-hydrogen) atoms. The fourth-order valence-electron chi connectivity index (χ4n) is 2.33. The molecule has 2 rings (SSSR count). The van der Waals surface area contributed by atoms with E-state index in [1.165, 1.54) is 5.69 Å². The lowest BCUT2D eigenvalue weighted by Crippen LogP contribution is -2.59. The average molecular weight is 233 g/mol. The van der Waals surface area contributed by atoms with E-state index in [-0.39, 0.29) is 0 Å². The molecule has 1 aliphatic rings. The first-order chi connectivity index (χ1) is 7.98. The van der Waals surface area contributed by atoms with Gasteiger partial charge in [-0.25, -0.2) is 0 Å². The number of anilines is 1. The van der Waals surface area contributed by atoms with Crippen molar-refractivity contribution in [3.8, 4) is 0 Å². The summed E-state index contributed by atoms with van der Waals surface area (Å²) >= 11 is 0. The van der Waals surface area contributed by atoms with E-state index in [1.54, 1.807) is 0 Å². The van der Waals surface area contributed by atoms with Crippen LogP contribution in [0.15, 0.2) is 24.5 Å². The number of piperazine rings is 1. The number of hydrogen-bond acceptors (Lipinski definition) is 3. The third-order valence-electron chi connectivity index (χ3n) is 3.59. The third-order valence-corrected chi connectivity index (χ3v) is 3.59. The van der Waals surface area contributed by atoms with Gasteiger partial charge in [-0.2, -0.15) is 0 Å². The molecule has 0 aromatic carbocycles. The van der Waals surface area contributed by atoms with Crippen LogP contribution in [0.2, 0.25) is 0 Å². The molecule has 2 unspecified atom stereocenters. The molecule has 0 amide bonds. The van der Waals surface area contributed by atoms with Gasteiger partial charge in [-0.3, -0.25) is 4.98 Å². The Labute approximate surface area is 104 Å². The maximum absolute atomic E-state index is 4.22. The zero-order valence-corrected chi connectivity index (χ0v) is 11.3. The van der Waals surface area contributed by atoms with Crippen LogP contribution in [-0.2, 0) is 0 Å². The highest BCUT2D eigenvalue weighted by Gasteiger charge is 2.32. The van der Waals surface area contributed by atoms with Crippen LogP contribution in [-0.4, -0.2) is 30.2 Å². The Balaban J connectivity index is 2.16. The van der Waals surface area contributed by atoms with Crippen molar-refractivity contribution in [3.05, 3.63) is 24.5 Å². The van der Waals surface area contributed by atoms with Crippen LogP contribution in [0.3, 0.4) is 0 Å². The van der Waals surface area contributed by atoms with E-state index in [1.807, 2.05) is 18.5 Å². The third kappa shape index (κ3) is 2.78. The van der Waals surface area contributed by atoms with Gasteiger partial charge in [0.15, 0.2) is 0 Å². The lowest BCUT2D eigenvalue weighted by Gasteiger charge is -2.45. The molecule has 2 heterocycles. The normalized spacial score (nSPS) is 26.0. The van der Waals surface area contributed by atoms with Gasteiger partial charge >= 0.3 is 0 Å². The first kappa shape index (κ1) is 12.4. The molecule has 0 spiro atoms. The smallest absolute Gasteiger partial charge is 0.0556 e. The van der Waals surface area contributed by atoms with Crippen molar-refractivity contribution in [1.82, 2.24) is 10.3 Å². The molecule has 0 saturated carbocycles. The highest BCUT2D eigenvalue weighted by molar-refractivity contribution is 5.45. The number of aromatic nitrogens is 1. The summed E-state index contributed by atoms with van der Waals surface area (Å²) in [5, 5.41) is 3.65. The van der Waals surface area contributed by atoms with E-state index in [4.69, 9.17) is 0 Å². The number of hydrogen-bond donors (Lipinski definition) is 1. The summed E-state index contributed by atoms with van der Waals surface area (Å²) < 4.78 is 0. The van der Waals surface area contributed by atoms with E-state index in [0.29, 0.717) is 17.5 Å². The molecule has 0 aliphatic carbocycles. The average Bonchev–Trinajstić information content (AvgIpc) is 2.29. The predicted molar refractivity (Wildman–Crippen MR) is 72.3 cm³/mol. The minimum absolute atomic E-state index is 0.292. The molecule has 3 heteroatoms. The fraction of sp³-hybridized carbons (Fsp3) is 0.643. The fourth-order valence-corrected chi connectivity index (χ4v) is 2.33. The van der Waals surface area contributed by atoms with E-state index in [9.17, 15) is 0 Å². The van der Waals surface area contributed by atoms with Crippen LogP contribution < -0.4 is 10.2 Å². The topological polar surface area (TPSA) is 28.2 Å². The van der Waals surface area contributed by atoms with Crippen LogP contribution in [0.5, 0.6) is 0 Å². The number of nitrogens with one attached hydrogen (secondary N) is 1. The second kappa shape index (κ2) is 4.65. The summed E-state index contributed by atoms with van der Waals surface area (Å²) in [6, 6.07) is 5.21. The van der Waals surface area contributed by atoms with E-state index >= 15 is 0 Å². The van der Waals surface area contributed by atoms with E-state index < -0.39 is 0 Å². The number of nitrogens with zero attached hydrogens (tertiary/aromatic N) is 2. The lowest BCUT2D eigenvalue weighted by atomic mass is 9.84. The molecular weight excluding hydrogens is 210 g/mol. The van der Waals surface area contributed by atoms with Crippen molar-refractivity contribution in [2.24, 2.45) is 5.41 Å². The molecule has 3 nitrogen and oxygen atoms in total. The second-order valence-electron chi connectivity index (χ2n) is 6.04. The van der Waals surface area contributed by atoms with Gasteiger partial charge in [0.1, 0.15) is 0 Å². The molecule has 0 radical (unpaired) electrons. The molecule has 0 bridgehead atoms. The first-order valence-electron chi connectivity index (χ1n) is 6.38. The van der Waals surface area contributed by atoms with Crippen molar-refractivity contribution in [2.45, 2.75) is 39.8 Å². The highest BCUT2D eigenvalue weighted by Crippen LogP contribution is 2.26. The van der Waals surface area contributed by atoms with E-state index in [0.717, 1.165) is 13.1 Å². The van der Waals surface area contributed by atoms with E-state index in [2.05, 4.69) is 49.0 Å². The standard InChI is InChI=1S/C14H23N3/c1-11-8-16-13(14(2,3)4)10-17(11)12-6-5-7-15-9-12/h5-7,9,11,13,16H,8,10H2,1-4H3. The second-order valence-corrected chi connectivity index (χ2v) is 6.04. The minimum Gasteiger partial charge on any atom is -0.365 e. The zero-order chi connectivity index (χ0) is 12.5. The van der Waals surface area contributed by atoms with Crippen LogP contribution in [0, 0.1) is 5.41 Å². The molecule has 1 aromatic rings. The minimum atomic E-state index is 0.292. The summed E-state index contributed by atoms with van der Waals surface area (Å²) in [6.45, 7) is 11.2. The van der Waals surface area contributed by atoms with Crippen LogP contribution in [0.1, 0.15) is 27.7 Å². The van der Waals surface area contributed by atoms with Crippen molar-refractivity contribution < 1.29 is 0 Å². The van der Waals surface area contributed by atoms with Gasteiger partial charge in [0.25, 0.3) is 0 Å². The Kier molecular flexibility index (Phi) is 3.38. The van der Waals surface area contributed by atoms with Crippen molar-refractivity contribution in [2.75, 3.05) is 18.0 Å². The summed E-state index contributed by atoms with van der Waals surface area (Å²) in [7, 11) is 0. The molecule has 2 atom stereocenters. The van der Waals surface area contributed by atoms with Gasteiger partial charge in [-0.05, 0) is 24.5 Å². The summed E-state index contributed by atoms with van der Waals surface area (Å²) in [5.74, 6) is 0. The number of rotatable bonds is 1. The Hall–Kier alpha value is -1.09. The molecule has 1 aliphatic heterocycles. The van der Waals surface area contributed by atoms with Gasteiger partial charge in [-0.1, -0.05) is 20.8 Å². The quantitative estimate of drug-likeness (QED) is 0.806. The van der Waals surface area contributed by atoms with Crippen LogP contribution >= 0.6 is 0 Å². The maximum atomic E-state index is 4.22. The van der Waals surface area contributed by atoms with Crippen LogP contribution in [0.25, 0.3) is 0 Å².